The van der Waals surface area contributed by atoms with Gasteiger partial charge in [0.2, 0.25) is 10.0 Å². The van der Waals surface area contributed by atoms with Gasteiger partial charge >= 0.3 is 0 Å². The second-order valence-corrected chi connectivity index (χ2v) is 7.91. The highest BCUT2D eigenvalue weighted by molar-refractivity contribution is 7.89. The molecule has 9 heteroatoms. The molecule has 2 aromatic rings. The molecule has 0 unspecified atom stereocenters. The van der Waals surface area contributed by atoms with Crippen LogP contribution in [0.2, 0.25) is 0 Å². The number of aromatic nitrogens is 1. The molecule has 2 N–H and O–H groups in total. The number of aliphatic hydroxyl groups is 1. The standard InChI is InChI=1S/C19H25N3O5S/c1-5-22(6-2)28(25,26)15-7-8-18(27-4)17(9-15)21-11-16-14(12-23)10-20-13(3)19(16)24/h7-11,23-24H,5-6,12H2,1-4H3. The SMILES string of the molecule is CCN(CC)S(=O)(=O)c1ccc(OC)c(N=Cc2c(CO)cnc(C)c2O)c1. The number of methoxy groups -OCH3 is 1. The Bertz CT molecular complexity index is 970. The van der Waals surface area contributed by atoms with E-state index in [2.05, 4.69) is 9.98 Å². The van der Waals surface area contributed by atoms with Crippen molar-refractivity contribution in [3.8, 4) is 11.5 Å². The molecule has 0 fully saturated rings. The fourth-order valence-corrected chi connectivity index (χ4v) is 4.18. The van der Waals surface area contributed by atoms with Gasteiger partial charge in [0, 0.05) is 36.6 Å². The van der Waals surface area contributed by atoms with Crippen LogP contribution in [0.25, 0.3) is 0 Å². The molecule has 0 aliphatic carbocycles. The number of ether oxygens (including phenoxy) is 1. The lowest BCUT2D eigenvalue weighted by Gasteiger charge is -2.19. The van der Waals surface area contributed by atoms with Crippen molar-refractivity contribution in [1.29, 1.82) is 0 Å². The van der Waals surface area contributed by atoms with E-state index in [9.17, 15) is 18.6 Å². The predicted molar refractivity (Wildman–Crippen MR) is 107 cm³/mol. The van der Waals surface area contributed by atoms with Crippen molar-refractivity contribution in [2.24, 2.45) is 4.99 Å². The van der Waals surface area contributed by atoms with E-state index in [1.54, 1.807) is 20.8 Å². The average molecular weight is 407 g/mol. The van der Waals surface area contributed by atoms with Crippen LogP contribution in [0.3, 0.4) is 0 Å². The van der Waals surface area contributed by atoms with Crippen LogP contribution < -0.4 is 4.74 Å². The van der Waals surface area contributed by atoms with E-state index >= 15 is 0 Å². The summed E-state index contributed by atoms with van der Waals surface area (Å²) in [4.78, 5) is 8.41. The first-order valence-electron chi connectivity index (χ1n) is 8.80. The molecule has 28 heavy (non-hydrogen) atoms. The van der Waals surface area contributed by atoms with E-state index < -0.39 is 10.0 Å². The Hall–Kier alpha value is -2.49. The molecule has 2 rings (SSSR count). The van der Waals surface area contributed by atoms with Gasteiger partial charge in [0.05, 0.1) is 24.3 Å². The minimum Gasteiger partial charge on any atom is -0.505 e. The van der Waals surface area contributed by atoms with E-state index in [-0.39, 0.29) is 22.9 Å². The van der Waals surface area contributed by atoms with Gasteiger partial charge in [0.25, 0.3) is 0 Å². The third-order valence-electron chi connectivity index (χ3n) is 4.35. The third-order valence-corrected chi connectivity index (χ3v) is 6.40. The quantitative estimate of drug-likeness (QED) is 0.650. The second kappa shape index (κ2) is 9.13. The van der Waals surface area contributed by atoms with Crippen molar-refractivity contribution in [1.82, 2.24) is 9.29 Å². The molecule has 1 aromatic carbocycles. The van der Waals surface area contributed by atoms with Crippen molar-refractivity contribution in [2.45, 2.75) is 32.3 Å². The van der Waals surface area contributed by atoms with Crippen molar-refractivity contribution < 1.29 is 23.4 Å². The monoisotopic (exact) mass is 407 g/mol. The second-order valence-electron chi connectivity index (χ2n) is 5.97. The van der Waals surface area contributed by atoms with Crippen LogP contribution >= 0.6 is 0 Å². The molecule has 0 bridgehead atoms. The molecular weight excluding hydrogens is 382 g/mol. The van der Waals surface area contributed by atoms with Gasteiger partial charge in [0.1, 0.15) is 17.2 Å². The van der Waals surface area contributed by atoms with E-state index in [0.717, 1.165) is 0 Å². The largest absolute Gasteiger partial charge is 0.505 e. The average Bonchev–Trinajstić information content (AvgIpc) is 2.69. The smallest absolute Gasteiger partial charge is 0.243 e. The summed E-state index contributed by atoms with van der Waals surface area (Å²) in [5.74, 6) is 0.284. The number of aliphatic imine (C=N–C) groups is 1. The fraction of sp³-hybridized carbons (Fsp3) is 0.368. The topological polar surface area (TPSA) is 112 Å². The zero-order valence-electron chi connectivity index (χ0n) is 16.4. The van der Waals surface area contributed by atoms with Gasteiger partial charge in [0.15, 0.2) is 0 Å². The van der Waals surface area contributed by atoms with Crippen LogP contribution in [0.5, 0.6) is 11.5 Å². The molecule has 0 aliphatic heterocycles. The number of nitrogens with zero attached hydrogens (tertiary/aromatic N) is 3. The van der Waals surface area contributed by atoms with Crippen molar-refractivity contribution in [3.63, 3.8) is 0 Å². The maximum atomic E-state index is 12.8. The molecule has 0 radical (unpaired) electrons. The summed E-state index contributed by atoms with van der Waals surface area (Å²) in [5, 5.41) is 19.7. The summed E-state index contributed by atoms with van der Waals surface area (Å²) in [6.07, 6.45) is 2.82. The van der Waals surface area contributed by atoms with Crippen LogP contribution in [0, 0.1) is 6.92 Å². The van der Waals surface area contributed by atoms with Gasteiger partial charge in [-0.25, -0.2) is 8.42 Å². The first-order chi connectivity index (χ1) is 13.3. The lowest BCUT2D eigenvalue weighted by Crippen LogP contribution is -2.30. The Morgan fingerprint density at radius 1 is 1.29 bits per heavy atom. The van der Waals surface area contributed by atoms with Crippen LogP contribution in [0.1, 0.15) is 30.7 Å². The Balaban J connectivity index is 2.55. The maximum absolute atomic E-state index is 12.8. The van der Waals surface area contributed by atoms with Crippen molar-refractivity contribution >= 4 is 21.9 Å². The summed E-state index contributed by atoms with van der Waals surface area (Å²) in [5.41, 5.74) is 1.39. The molecular formula is C19H25N3O5S. The van der Waals surface area contributed by atoms with Gasteiger partial charge in [-0.05, 0) is 25.1 Å². The number of sulfonamides is 1. The van der Waals surface area contributed by atoms with Crippen molar-refractivity contribution in [2.75, 3.05) is 20.2 Å². The summed E-state index contributed by atoms with van der Waals surface area (Å²) in [6, 6.07) is 4.43. The first kappa shape index (κ1) is 21.8. The van der Waals surface area contributed by atoms with Gasteiger partial charge in [-0.3, -0.25) is 9.98 Å². The van der Waals surface area contributed by atoms with Crippen LogP contribution in [0.4, 0.5) is 5.69 Å². The zero-order chi connectivity index (χ0) is 20.9. The molecule has 0 amide bonds. The summed E-state index contributed by atoms with van der Waals surface area (Å²) in [6.45, 7) is 5.56. The molecule has 1 aromatic heterocycles. The third kappa shape index (κ3) is 4.32. The minimum absolute atomic E-state index is 0.0961. The van der Waals surface area contributed by atoms with Gasteiger partial charge in [-0.2, -0.15) is 4.31 Å². The minimum atomic E-state index is -3.65. The van der Waals surface area contributed by atoms with Gasteiger partial charge in [-0.1, -0.05) is 13.8 Å². The number of aromatic hydroxyl groups is 1. The van der Waals surface area contributed by atoms with Crippen LogP contribution in [0.15, 0.2) is 34.3 Å². The van der Waals surface area contributed by atoms with Crippen molar-refractivity contribution in [3.05, 3.63) is 41.2 Å². The molecule has 0 spiro atoms. The summed E-state index contributed by atoms with van der Waals surface area (Å²) >= 11 is 0. The zero-order valence-corrected chi connectivity index (χ0v) is 17.2. The predicted octanol–water partition coefficient (Wildman–Crippen LogP) is 2.38. The number of pyridine rings is 1. The molecule has 0 saturated heterocycles. The lowest BCUT2D eigenvalue weighted by molar-refractivity contribution is 0.280. The number of aliphatic hydroxyl groups excluding tert-OH is 1. The maximum Gasteiger partial charge on any atom is 0.243 e. The Morgan fingerprint density at radius 3 is 2.54 bits per heavy atom. The number of hydrogen-bond acceptors (Lipinski definition) is 7. The molecule has 0 saturated carbocycles. The molecule has 0 atom stereocenters. The fourth-order valence-electron chi connectivity index (χ4n) is 2.70. The number of benzene rings is 1. The molecule has 0 aliphatic rings. The number of hydrogen-bond donors (Lipinski definition) is 2. The van der Waals surface area contributed by atoms with E-state index in [1.165, 1.54) is 42.0 Å². The molecule has 1 heterocycles. The van der Waals surface area contributed by atoms with Gasteiger partial charge < -0.3 is 14.9 Å². The first-order valence-corrected chi connectivity index (χ1v) is 10.2. The van der Waals surface area contributed by atoms with Crippen LogP contribution in [-0.2, 0) is 16.6 Å². The highest BCUT2D eigenvalue weighted by Gasteiger charge is 2.22. The van der Waals surface area contributed by atoms with E-state index in [1.807, 2.05) is 0 Å². The highest BCUT2D eigenvalue weighted by Crippen LogP contribution is 2.32. The Kier molecular flexibility index (Phi) is 7.11. The highest BCUT2D eigenvalue weighted by atomic mass is 32.2. The normalized spacial score (nSPS) is 12.1. The summed E-state index contributed by atoms with van der Waals surface area (Å²) < 4.78 is 32.2. The molecule has 8 nitrogen and oxygen atoms in total. The Labute approximate surface area is 165 Å². The van der Waals surface area contributed by atoms with E-state index in [0.29, 0.717) is 35.7 Å². The lowest BCUT2D eigenvalue weighted by atomic mass is 10.1. The number of rotatable bonds is 8. The van der Waals surface area contributed by atoms with Crippen LogP contribution in [-0.4, -0.2) is 54.3 Å². The number of aryl methyl sites for hydroxylation is 1. The summed E-state index contributed by atoms with van der Waals surface area (Å²) in [7, 11) is -2.20. The van der Waals surface area contributed by atoms with Gasteiger partial charge in [-0.15, -0.1) is 0 Å². The van der Waals surface area contributed by atoms with E-state index in [4.69, 9.17) is 4.74 Å². The Morgan fingerprint density at radius 2 is 1.96 bits per heavy atom. The molecule has 152 valence electrons.